The maximum atomic E-state index is 11.8. The SMILES string of the molecule is COCCNC(=O)C(C)NS(=O)(=O)c1ccn[nH]1. The Morgan fingerprint density at radius 3 is 2.89 bits per heavy atom. The minimum atomic E-state index is -3.75. The Balaban J connectivity index is 2.54. The molecule has 8 nitrogen and oxygen atoms in total. The van der Waals surface area contributed by atoms with Gasteiger partial charge in [-0.3, -0.25) is 9.89 Å². The standard InChI is InChI=1S/C9H16N4O4S/c1-7(9(14)10-5-6-17-2)13-18(15,16)8-3-4-11-12-8/h3-4,7,13H,5-6H2,1-2H3,(H,10,14)(H,11,12). The van der Waals surface area contributed by atoms with Crippen molar-refractivity contribution >= 4 is 15.9 Å². The number of ether oxygens (including phenoxy) is 1. The van der Waals surface area contributed by atoms with Gasteiger partial charge in [0.05, 0.1) is 18.8 Å². The molecule has 0 saturated heterocycles. The zero-order valence-corrected chi connectivity index (χ0v) is 11.0. The second-order valence-electron chi connectivity index (χ2n) is 3.55. The minimum Gasteiger partial charge on any atom is -0.383 e. The van der Waals surface area contributed by atoms with E-state index in [1.54, 1.807) is 0 Å². The van der Waals surface area contributed by atoms with E-state index in [2.05, 4.69) is 20.2 Å². The summed E-state index contributed by atoms with van der Waals surface area (Å²) in [6.45, 7) is 2.15. The fraction of sp³-hybridized carbons (Fsp3) is 0.556. The number of amides is 1. The Hall–Kier alpha value is -1.45. The molecular formula is C9H16N4O4S. The largest absolute Gasteiger partial charge is 0.383 e. The first kappa shape index (κ1) is 14.6. The van der Waals surface area contributed by atoms with Crippen molar-refractivity contribution in [3.05, 3.63) is 12.3 Å². The van der Waals surface area contributed by atoms with Gasteiger partial charge in [0.1, 0.15) is 0 Å². The molecule has 0 bridgehead atoms. The van der Waals surface area contributed by atoms with Crippen LogP contribution in [-0.4, -0.2) is 50.8 Å². The Morgan fingerprint density at radius 1 is 1.61 bits per heavy atom. The van der Waals surface area contributed by atoms with Crippen LogP contribution in [-0.2, 0) is 19.6 Å². The molecular weight excluding hydrogens is 260 g/mol. The smallest absolute Gasteiger partial charge is 0.258 e. The number of hydrogen-bond donors (Lipinski definition) is 3. The molecule has 1 aromatic rings. The van der Waals surface area contributed by atoms with Crippen LogP contribution in [0.15, 0.2) is 17.3 Å². The summed E-state index contributed by atoms with van der Waals surface area (Å²) in [5.41, 5.74) is 0. The molecule has 0 aliphatic heterocycles. The van der Waals surface area contributed by atoms with Gasteiger partial charge < -0.3 is 10.1 Å². The molecule has 1 amide bonds. The summed E-state index contributed by atoms with van der Waals surface area (Å²) in [4.78, 5) is 11.5. The molecule has 3 N–H and O–H groups in total. The number of carbonyl (C=O) groups is 1. The van der Waals surface area contributed by atoms with E-state index in [0.717, 1.165) is 0 Å². The fourth-order valence-corrected chi connectivity index (χ4v) is 2.28. The van der Waals surface area contributed by atoms with E-state index >= 15 is 0 Å². The molecule has 0 spiro atoms. The van der Waals surface area contributed by atoms with Gasteiger partial charge in [0.25, 0.3) is 10.0 Å². The Kier molecular flexibility index (Phi) is 5.25. The van der Waals surface area contributed by atoms with E-state index < -0.39 is 22.0 Å². The lowest BCUT2D eigenvalue weighted by Gasteiger charge is -2.13. The quantitative estimate of drug-likeness (QED) is 0.544. The zero-order chi connectivity index (χ0) is 13.6. The highest BCUT2D eigenvalue weighted by atomic mass is 32.2. The number of aromatic amines is 1. The number of H-pyrrole nitrogens is 1. The van der Waals surface area contributed by atoms with Crippen LogP contribution in [0.5, 0.6) is 0 Å². The summed E-state index contributed by atoms with van der Waals surface area (Å²) < 4.78 is 30.5. The van der Waals surface area contributed by atoms with Crippen molar-refractivity contribution in [3.63, 3.8) is 0 Å². The number of aromatic nitrogens is 2. The van der Waals surface area contributed by atoms with Gasteiger partial charge in [0.15, 0.2) is 5.03 Å². The topological polar surface area (TPSA) is 113 Å². The third-order valence-corrected chi connectivity index (χ3v) is 3.57. The molecule has 0 fully saturated rings. The summed E-state index contributed by atoms with van der Waals surface area (Å²) in [6, 6.07) is 0.424. The predicted molar refractivity (Wildman–Crippen MR) is 63.3 cm³/mol. The first-order valence-corrected chi connectivity index (χ1v) is 6.74. The first-order chi connectivity index (χ1) is 8.47. The van der Waals surface area contributed by atoms with Crippen LogP contribution in [0, 0.1) is 0 Å². The number of rotatable bonds is 7. The number of methoxy groups -OCH3 is 1. The predicted octanol–water partition coefficient (Wildman–Crippen LogP) is -1.16. The van der Waals surface area contributed by atoms with E-state index in [1.165, 1.54) is 26.3 Å². The maximum Gasteiger partial charge on any atom is 0.258 e. The molecule has 1 unspecified atom stereocenters. The van der Waals surface area contributed by atoms with Crippen LogP contribution < -0.4 is 10.0 Å². The van der Waals surface area contributed by atoms with Gasteiger partial charge in [-0.05, 0) is 13.0 Å². The van der Waals surface area contributed by atoms with Crippen molar-refractivity contribution < 1.29 is 17.9 Å². The molecule has 0 saturated carbocycles. The van der Waals surface area contributed by atoms with Crippen molar-refractivity contribution in [2.24, 2.45) is 0 Å². The van der Waals surface area contributed by atoms with Crippen molar-refractivity contribution in [3.8, 4) is 0 Å². The minimum absolute atomic E-state index is 0.0842. The monoisotopic (exact) mass is 276 g/mol. The molecule has 1 heterocycles. The average Bonchev–Trinajstić information content (AvgIpc) is 2.82. The molecule has 1 rings (SSSR count). The van der Waals surface area contributed by atoms with E-state index in [4.69, 9.17) is 4.74 Å². The van der Waals surface area contributed by atoms with Gasteiger partial charge in [-0.25, -0.2) is 8.42 Å². The second-order valence-corrected chi connectivity index (χ2v) is 5.23. The third kappa shape index (κ3) is 4.09. The number of sulfonamides is 1. The van der Waals surface area contributed by atoms with Gasteiger partial charge in [0.2, 0.25) is 5.91 Å². The molecule has 18 heavy (non-hydrogen) atoms. The number of nitrogens with zero attached hydrogens (tertiary/aromatic N) is 1. The first-order valence-electron chi connectivity index (χ1n) is 5.25. The van der Waals surface area contributed by atoms with E-state index in [1.807, 2.05) is 0 Å². The lowest BCUT2D eigenvalue weighted by atomic mass is 10.3. The van der Waals surface area contributed by atoms with E-state index in [-0.39, 0.29) is 5.03 Å². The summed E-state index contributed by atoms with van der Waals surface area (Å²) in [5.74, 6) is -0.421. The summed E-state index contributed by atoms with van der Waals surface area (Å²) in [7, 11) is -2.24. The third-order valence-electron chi connectivity index (χ3n) is 2.10. The molecule has 1 aromatic heterocycles. The van der Waals surface area contributed by atoms with Crippen molar-refractivity contribution in [2.45, 2.75) is 18.0 Å². The van der Waals surface area contributed by atoms with Crippen LogP contribution in [0.3, 0.4) is 0 Å². The number of carbonyl (C=O) groups excluding carboxylic acids is 1. The Morgan fingerprint density at radius 2 is 2.33 bits per heavy atom. The Labute approximate surface area is 105 Å². The molecule has 1 atom stereocenters. The van der Waals surface area contributed by atoms with Crippen LogP contribution in [0.4, 0.5) is 0 Å². The molecule has 0 aromatic carbocycles. The van der Waals surface area contributed by atoms with Crippen LogP contribution >= 0.6 is 0 Å². The van der Waals surface area contributed by atoms with E-state index in [9.17, 15) is 13.2 Å². The van der Waals surface area contributed by atoms with Gasteiger partial charge in [-0.2, -0.15) is 9.82 Å². The van der Waals surface area contributed by atoms with Crippen molar-refractivity contribution in [1.82, 2.24) is 20.2 Å². The number of nitrogens with one attached hydrogen (secondary N) is 3. The van der Waals surface area contributed by atoms with Crippen LogP contribution in [0.2, 0.25) is 0 Å². The Bertz CT molecular complexity index is 471. The lowest BCUT2D eigenvalue weighted by molar-refractivity contribution is -0.122. The summed E-state index contributed by atoms with van der Waals surface area (Å²) in [5, 5.41) is 8.31. The van der Waals surface area contributed by atoms with Crippen molar-refractivity contribution in [1.29, 1.82) is 0 Å². The highest BCUT2D eigenvalue weighted by Gasteiger charge is 2.22. The van der Waals surface area contributed by atoms with E-state index in [0.29, 0.717) is 13.2 Å². The van der Waals surface area contributed by atoms with Gasteiger partial charge >= 0.3 is 0 Å². The van der Waals surface area contributed by atoms with Gasteiger partial charge in [0, 0.05) is 13.7 Å². The van der Waals surface area contributed by atoms with Crippen LogP contribution in [0.1, 0.15) is 6.92 Å². The average molecular weight is 276 g/mol. The molecule has 0 aliphatic carbocycles. The summed E-state index contributed by atoms with van der Waals surface area (Å²) in [6.07, 6.45) is 1.32. The van der Waals surface area contributed by atoms with Crippen molar-refractivity contribution in [2.75, 3.05) is 20.3 Å². The molecule has 102 valence electrons. The maximum absolute atomic E-state index is 11.8. The summed E-state index contributed by atoms with van der Waals surface area (Å²) >= 11 is 0. The highest BCUT2D eigenvalue weighted by Crippen LogP contribution is 2.03. The van der Waals surface area contributed by atoms with Gasteiger partial charge in [-0.15, -0.1) is 0 Å². The highest BCUT2D eigenvalue weighted by molar-refractivity contribution is 7.89. The fourth-order valence-electron chi connectivity index (χ4n) is 1.17. The molecule has 0 radical (unpaired) electrons. The lowest BCUT2D eigenvalue weighted by Crippen LogP contribution is -2.45. The normalized spacial score (nSPS) is 13.2. The molecule has 9 heteroatoms. The van der Waals surface area contributed by atoms with Gasteiger partial charge in [-0.1, -0.05) is 0 Å². The number of hydrogen-bond acceptors (Lipinski definition) is 5. The zero-order valence-electron chi connectivity index (χ0n) is 10.1. The second kappa shape index (κ2) is 6.47. The molecule has 0 aliphatic rings. The van der Waals surface area contributed by atoms with Crippen LogP contribution in [0.25, 0.3) is 0 Å².